The third-order valence-electron chi connectivity index (χ3n) is 6.47. The second-order valence-corrected chi connectivity index (χ2v) is 10.1. The first kappa shape index (κ1) is 24.4. The van der Waals surface area contributed by atoms with Gasteiger partial charge in [0.25, 0.3) is 0 Å². The third kappa shape index (κ3) is 4.05. The van der Waals surface area contributed by atoms with Crippen molar-refractivity contribution in [3.05, 3.63) is 63.1 Å². The predicted octanol–water partition coefficient (Wildman–Crippen LogP) is 5.44. The minimum Gasteiger partial charge on any atom is -0.493 e. The molecule has 0 saturated heterocycles. The highest BCUT2D eigenvalue weighted by Crippen LogP contribution is 2.48. The molecule has 1 aliphatic rings. The van der Waals surface area contributed by atoms with Crippen molar-refractivity contribution in [3.63, 3.8) is 0 Å². The van der Waals surface area contributed by atoms with Crippen molar-refractivity contribution in [2.75, 3.05) is 40.7 Å². The van der Waals surface area contributed by atoms with E-state index in [0.29, 0.717) is 44.9 Å². The summed E-state index contributed by atoms with van der Waals surface area (Å²) in [6, 6.07) is 10.7. The highest BCUT2D eigenvalue weighted by atomic mass is 35.5. The molecule has 0 atom stereocenters. The number of methoxy groups -OCH3 is 3. The number of rotatable bonds is 6. The molecule has 36 heavy (non-hydrogen) atoms. The lowest BCUT2D eigenvalue weighted by Gasteiger charge is -2.27. The lowest BCUT2D eigenvalue weighted by Crippen LogP contribution is -2.28. The average molecular weight is 524 g/mol. The van der Waals surface area contributed by atoms with Crippen LogP contribution in [-0.4, -0.2) is 50.6 Å². The van der Waals surface area contributed by atoms with Gasteiger partial charge in [0.05, 0.1) is 27.0 Å². The van der Waals surface area contributed by atoms with Crippen molar-refractivity contribution in [1.29, 1.82) is 0 Å². The topological polar surface area (TPSA) is 86.9 Å². The van der Waals surface area contributed by atoms with Crippen LogP contribution in [0.25, 0.3) is 21.3 Å². The SMILES string of the molecule is COc1cc(-c2c3c(nc4sc(C(=O)c5cccc(Cl)c5)c(N)c24)CCN(C)C3)cc(OC)c1OC. The monoisotopic (exact) mass is 523 g/mol. The number of likely N-dealkylation sites (N-methyl/N-ethyl adjacent to an activating group) is 1. The maximum absolute atomic E-state index is 13.5. The Balaban J connectivity index is 1.81. The summed E-state index contributed by atoms with van der Waals surface area (Å²) in [5, 5.41) is 1.25. The summed E-state index contributed by atoms with van der Waals surface area (Å²) in [6.07, 6.45) is 0.800. The third-order valence-corrected chi connectivity index (χ3v) is 7.80. The zero-order chi connectivity index (χ0) is 25.6. The van der Waals surface area contributed by atoms with Crippen LogP contribution >= 0.6 is 22.9 Å². The summed E-state index contributed by atoms with van der Waals surface area (Å²) in [4.78, 5) is 21.9. The molecule has 4 aromatic rings. The zero-order valence-corrected chi connectivity index (χ0v) is 22.0. The fourth-order valence-corrected chi connectivity index (χ4v) is 6.01. The van der Waals surface area contributed by atoms with Crippen molar-refractivity contribution < 1.29 is 19.0 Å². The van der Waals surface area contributed by atoms with Gasteiger partial charge in [0, 0.05) is 46.7 Å². The Labute approximate surface area is 218 Å². The molecule has 9 heteroatoms. The van der Waals surface area contributed by atoms with Gasteiger partial charge in [0.15, 0.2) is 11.5 Å². The number of carbonyl (C=O) groups excluding carboxylic acids is 1. The number of ether oxygens (including phenoxy) is 3. The van der Waals surface area contributed by atoms with Gasteiger partial charge in [-0.05, 0) is 42.4 Å². The van der Waals surface area contributed by atoms with Crippen LogP contribution in [0.15, 0.2) is 36.4 Å². The van der Waals surface area contributed by atoms with Crippen LogP contribution < -0.4 is 19.9 Å². The molecule has 0 saturated carbocycles. The van der Waals surface area contributed by atoms with Crippen LogP contribution in [0.2, 0.25) is 5.02 Å². The standard InChI is InChI=1S/C27H26ClN3O4S/c1-31-9-8-18-17(13-31)21(15-11-19(33-2)25(35-4)20(12-15)34-3)22-23(29)26(36-27(22)30-18)24(32)14-6-5-7-16(28)10-14/h5-7,10-12H,8-9,13,29H2,1-4H3. The van der Waals surface area contributed by atoms with Gasteiger partial charge in [-0.1, -0.05) is 23.7 Å². The van der Waals surface area contributed by atoms with Crippen molar-refractivity contribution >= 4 is 44.6 Å². The van der Waals surface area contributed by atoms with Gasteiger partial charge in [-0.25, -0.2) is 4.98 Å². The molecule has 2 aromatic carbocycles. The van der Waals surface area contributed by atoms with Crippen LogP contribution in [0.1, 0.15) is 26.5 Å². The Morgan fingerprint density at radius 3 is 2.47 bits per heavy atom. The first-order valence-corrected chi connectivity index (χ1v) is 12.6. The molecular weight excluding hydrogens is 498 g/mol. The minimum absolute atomic E-state index is 0.177. The van der Waals surface area contributed by atoms with E-state index in [9.17, 15) is 4.79 Å². The summed E-state index contributed by atoms with van der Waals surface area (Å²) in [5.74, 6) is 1.41. The van der Waals surface area contributed by atoms with Crippen molar-refractivity contribution in [1.82, 2.24) is 9.88 Å². The molecule has 186 valence electrons. The first-order valence-electron chi connectivity index (χ1n) is 11.4. The average Bonchev–Trinajstić information content (AvgIpc) is 3.21. The lowest BCUT2D eigenvalue weighted by atomic mass is 9.91. The molecule has 0 fully saturated rings. The number of fused-ring (bicyclic) bond motifs is 2. The molecule has 2 N–H and O–H groups in total. The molecule has 0 unspecified atom stereocenters. The summed E-state index contributed by atoms with van der Waals surface area (Å²) >= 11 is 7.46. The molecule has 0 amide bonds. The second-order valence-electron chi connectivity index (χ2n) is 8.68. The van der Waals surface area contributed by atoms with Crippen molar-refractivity contribution in [2.24, 2.45) is 0 Å². The quantitative estimate of drug-likeness (QED) is 0.336. The largest absolute Gasteiger partial charge is 0.493 e. The van der Waals surface area contributed by atoms with E-state index in [1.54, 1.807) is 45.6 Å². The number of nitrogens with two attached hydrogens (primary N) is 1. The lowest BCUT2D eigenvalue weighted by molar-refractivity contribution is 0.104. The number of nitrogen functional groups attached to an aromatic ring is 1. The van der Waals surface area contributed by atoms with E-state index >= 15 is 0 Å². The number of hydrogen-bond donors (Lipinski definition) is 1. The summed E-state index contributed by atoms with van der Waals surface area (Å²) < 4.78 is 16.8. The van der Waals surface area contributed by atoms with Gasteiger partial charge < -0.3 is 24.8 Å². The second kappa shape index (κ2) is 9.61. The molecule has 0 bridgehead atoms. The number of pyridine rings is 1. The molecule has 0 spiro atoms. The Hall–Kier alpha value is -3.33. The number of benzene rings is 2. The Bertz CT molecular complexity index is 1480. The van der Waals surface area contributed by atoms with E-state index in [4.69, 9.17) is 36.5 Å². The van der Waals surface area contributed by atoms with Crippen molar-refractivity contribution in [2.45, 2.75) is 13.0 Å². The Morgan fingerprint density at radius 1 is 1.11 bits per heavy atom. The van der Waals surface area contributed by atoms with E-state index < -0.39 is 0 Å². The highest BCUT2D eigenvalue weighted by molar-refractivity contribution is 7.21. The number of ketones is 1. The number of thiophene rings is 1. The molecule has 0 radical (unpaired) electrons. The number of anilines is 1. The predicted molar refractivity (Wildman–Crippen MR) is 144 cm³/mol. The number of carbonyl (C=O) groups is 1. The van der Waals surface area contributed by atoms with Crippen LogP contribution in [0.5, 0.6) is 17.2 Å². The minimum atomic E-state index is -0.177. The van der Waals surface area contributed by atoms with Crippen LogP contribution in [0, 0.1) is 0 Å². The van der Waals surface area contributed by atoms with Gasteiger partial charge in [0.1, 0.15) is 9.71 Å². The number of halogens is 1. The molecular formula is C27H26ClN3O4S. The normalized spacial score (nSPS) is 13.5. The van der Waals surface area contributed by atoms with Crippen LogP contribution in [0.3, 0.4) is 0 Å². The maximum Gasteiger partial charge on any atom is 0.205 e. The smallest absolute Gasteiger partial charge is 0.205 e. The zero-order valence-electron chi connectivity index (χ0n) is 20.5. The fourth-order valence-electron chi connectivity index (χ4n) is 4.73. The molecule has 5 rings (SSSR count). The summed E-state index contributed by atoms with van der Waals surface area (Å²) in [7, 11) is 6.84. The van der Waals surface area contributed by atoms with E-state index in [2.05, 4.69) is 11.9 Å². The fraction of sp³-hybridized carbons (Fsp3) is 0.259. The molecule has 1 aliphatic heterocycles. The van der Waals surface area contributed by atoms with E-state index in [-0.39, 0.29) is 5.78 Å². The maximum atomic E-state index is 13.5. The molecule has 0 aliphatic carbocycles. The van der Waals surface area contributed by atoms with Gasteiger partial charge in [-0.3, -0.25) is 4.79 Å². The molecule has 7 nitrogen and oxygen atoms in total. The van der Waals surface area contributed by atoms with Gasteiger partial charge in [0.2, 0.25) is 11.5 Å². The summed E-state index contributed by atoms with van der Waals surface area (Å²) in [5.41, 5.74) is 11.5. The number of nitrogens with zero attached hydrogens (tertiary/aromatic N) is 2. The number of aromatic nitrogens is 1. The molecule has 2 aromatic heterocycles. The Morgan fingerprint density at radius 2 is 1.83 bits per heavy atom. The number of hydrogen-bond acceptors (Lipinski definition) is 8. The van der Waals surface area contributed by atoms with Crippen LogP contribution in [0.4, 0.5) is 5.69 Å². The van der Waals surface area contributed by atoms with Gasteiger partial charge in [-0.2, -0.15) is 0 Å². The molecule has 3 heterocycles. The van der Waals surface area contributed by atoms with Gasteiger partial charge >= 0.3 is 0 Å². The van der Waals surface area contributed by atoms with E-state index in [0.717, 1.165) is 45.6 Å². The van der Waals surface area contributed by atoms with Crippen molar-refractivity contribution in [3.8, 4) is 28.4 Å². The summed E-state index contributed by atoms with van der Waals surface area (Å²) in [6.45, 7) is 1.60. The van der Waals surface area contributed by atoms with Crippen LogP contribution in [-0.2, 0) is 13.0 Å². The van der Waals surface area contributed by atoms with E-state index in [1.165, 1.54) is 11.3 Å². The van der Waals surface area contributed by atoms with Gasteiger partial charge in [-0.15, -0.1) is 11.3 Å². The Kier molecular flexibility index (Phi) is 6.51. The van der Waals surface area contributed by atoms with E-state index in [1.807, 2.05) is 12.1 Å². The first-order chi connectivity index (χ1) is 17.4. The highest BCUT2D eigenvalue weighted by Gasteiger charge is 2.28.